The summed E-state index contributed by atoms with van der Waals surface area (Å²) in [7, 11) is -3.28. The molecule has 0 spiro atoms. The number of hydrogen-bond donors (Lipinski definition) is 1. The highest BCUT2D eigenvalue weighted by Crippen LogP contribution is 2.22. The topological polar surface area (TPSA) is 93.6 Å². The molecule has 1 aliphatic rings. The number of hydrogen-bond acceptors (Lipinski definition) is 6. The van der Waals surface area contributed by atoms with Crippen LogP contribution in [0.25, 0.3) is 0 Å². The number of rotatable bonds is 3. The van der Waals surface area contributed by atoms with Crippen molar-refractivity contribution in [2.45, 2.75) is 19.1 Å². The Bertz CT molecular complexity index is 569. The number of aldehydes is 1. The van der Waals surface area contributed by atoms with Gasteiger partial charge in [0, 0.05) is 5.69 Å². The Morgan fingerprint density at radius 3 is 2.72 bits per heavy atom. The number of ether oxygens (including phenoxy) is 1. The minimum atomic E-state index is -3.28. The van der Waals surface area contributed by atoms with Crippen molar-refractivity contribution in [3.05, 3.63) is 23.5 Å². The smallest absolute Gasteiger partial charge is 0.172 e. The molecule has 2 atom stereocenters. The van der Waals surface area contributed by atoms with E-state index in [0.717, 1.165) is 0 Å². The maximum absolute atomic E-state index is 11.3. The van der Waals surface area contributed by atoms with E-state index in [0.29, 0.717) is 12.0 Å². The molecular weight excluding hydrogens is 258 g/mol. The van der Waals surface area contributed by atoms with Crippen molar-refractivity contribution in [2.75, 3.05) is 11.5 Å². The molecule has 0 amide bonds. The van der Waals surface area contributed by atoms with Gasteiger partial charge in [0.1, 0.15) is 23.7 Å². The van der Waals surface area contributed by atoms with E-state index in [1.165, 1.54) is 0 Å². The van der Waals surface area contributed by atoms with Crippen LogP contribution in [0.2, 0.25) is 0 Å². The SMILES string of the molecule is Cc1ccc(OC2CS(=O)(=O)CC2O)c(C=O)n1. The van der Waals surface area contributed by atoms with E-state index in [4.69, 9.17) is 4.74 Å². The molecule has 0 radical (unpaired) electrons. The molecule has 98 valence electrons. The molecule has 1 fully saturated rings. The number of carbonyl (C=O) groups excluding carboxylic acids is 1. The lowest BCUT2D eigenvalue weighted by Gasteiger charge is -2.16. The predicted molar refractivity (Wildman–Crippen MR) is 63.4 cm³/mol. The van der Waals surface area contributed by atoms with Gasteiger partial charge in [0.05, 0.1) is 11.5 Å². The molecule has 1 saturated heterocycles. The lowest BCUT2D eigenvalue weighted by molar-refractivity contribution is 0.0725. The van der Waals surface area contributed by atoms with Crippen molar-refractivity contribution in [3.63, 3.8) is 0 Å². The van der Waals surface area contributed by atoms with Crippen LogP contribution in [0.4, 0.5) is 0 Å². The molecule has 1 N–H and O–H groups in total. The van der Waals surface area contributed by atoms with E-state index in [-0.39, 0.29) is 22.9 Å². The first-order valence-corrected chi connectivity index (χ1v) is 7.21. The Morgan fingerprint density at radius 1 is 1.44 bits per heavy atom. The quantitative estimate of drug-likeness (QED) is 0.761. The van der Waals surface area contributed by atoms with E-state index in [1.807, 2.05) is 0 Å². The van der Waals surface area contributed by atoms with Crippen LogP contribution in [0.5, 0.6) is 5.75 Å². The third-order valence-corrected chi connectivity index (χ3v) is 4.37. The van der Waals surface area contributed by atoms with Crippen LogP contribution in [0.3, 0.4) is 0 Å². The number of sulfone groups is 1. The minimum absolute atomic E-state index is 0.103. The first-order chi connectivity index (χ1) is 8.41. The Morgan fingerprint density at radius 2 is 2.17 bits per heavy atom. The van der Waals surface area contributed by atoms with Crippen LogP contribution >= 0.6 is 0 Å². The van der Waals surface area contributed by atoms with Crippen LogP contribution in [0.1, 0.15) is 16.2 Å². The monoisotopic (exact) mass is 271 g/mol. The van der Waals surface area contributed by atoms with Gasteiger partial charge in [-0.25, -0.2) is 13.4 Å². The molecule has 6 nitrogen and oxygen atoms in total. The molecule has 2 rings (SSSR count). The van der Waals surface area contributed by atoms with Crippen LogP contribution < -0.4 is 4.74 Å². The third kappa shape index (κ3) is 2.68. The van der Waals surface area contributed by atoms with Gasteiger partial charge >= 0.3 is 0 Å². The van der Waals surface area contributed by atoms with Gasteiger partial charge < -0.3 is 9.84 Å². The van der Waals surface area contributed by atoms with Crippen molar-refractivity contribution in [2.24, 2.45) is 0 Å². The summed E-state index contributed by atoms with van der Waals surface area (Å²) >= 11 is 0. The van der Waals surface area contributed by atoms with Gasteiger partial charge in [-0.05, 0) is 19.1 Å². The number of pyridine rings is 1. The van der Waals surface area contributed by atoms with Crippen LogP contribution in [0, 0.1) is 6.92 Å². The summed E-state index contributed by atoms with van der Waals surface area (Å²) in [5.74, 6) is -0.370. The normalized spacial score (nSPS) is 25.9. The fourth-order valence-corrected chi connectivity index (χ4v) is 3.48. The summed E-state index contributed by atoms with van der Waals surface area (Å²) < 4.78 is 28.0. The summed E-state index contributed by atoms with van der Waals surface area (Å²) in [6, 6.07) is 3.20. The highest BCUT2D eigenvalue weighted by atomic mass is 32.2. The second-order valence-electron chi connectivity index (χ2n) is 4.25. The van der Waals surface area contributed by atoms with Crippen molar-refractivity contribution in [3.8, 4) is 5.75 Å². The molecule has 7 heteroatoms. The zero-order valence-corrected chi connectivity index (χ0v) is 10.6. The van der Waals surface area contributed by atoms with Crippen LogP contribution in [-0.2, 0) is 9.84 Å². The number of aryl methyl sites for hydroxylation is 1. The molecule has 1 aliphatic heterocycles. The number of aliphatic hydroxyl groups excluding tert-OH is 1. The second kappa shape index (κ2) is 4.66. The van der Waals surface area contributed by atoms with Gasteiger partial charge in [-0.15, -0.1) is 0 Å². The van der Waals surface area contributed by atoms with E-state index in [9.17, 15) is 18.3 Å². The fraction of sp³-hybridized carbons (Fsp3) is 0.455. The minimum Gasteiger partial charge on any atom is -0.484 e. The van der Waals surface area contributed by atoms with Crippen molar-refractivity contribution in [1.82, 2.24) is 4.98 Å². The highest BCUT2D eigenvalue weighted by Gasteiger charge is 2.38. The highest BCUT2D eigenvalue weighted by molar-refractivity contribution is 7.91. The van der Waals surface area contributed by atoms with E-state index in [2.05, 4.69) is 4.98 Å². The Kier molecular flexibility index (Phi) is 3.36. The van der Waals surface area contributed by atoms with E-state index in [1.54, 1.807) is 19.1 Å². The summed E-state index contributed by atoms with van der Waals surface area (Å²) in [6.45, 7) is 1.73. The van der Waals surface area contributed by atoms with Crippen molar-refractivity contribution >= 4 is 16.1 Å². The lowest BCUT2D eigenvalue weighted by atomic mass is 10.2. The van der Waals surface area contributed by atoms with Gasteiger partial charge in [-0.1, -0.05) is 0 Å². The number of aliphatic hydroxyl groups is 1. The number of carbonyl (C=O) groups is 1. The molecule has 0 bridgehead atoms. The molecule has 1 aromatic rings. The van der Waals surface area contributed by atoms with Crippen molar-refractivity contribution < 1.29 is 23.1 Å². The van der Waals surface area contributed by atoms with Gasteiger partial charge in [0.2, 0.25) is 0 Å². The first kappa shape index (κ1) is 13.0. The summed E-state index contributed by atoms with van der Waals surface area (Å²) in [6.07, 6.45) is -1.38. The van der Waals surface area contributed by atoms with Crippen LogP contribution in [-0.4, -0.2) is 48.5 Å². The molecule has 2 heterocycles. The zero-order valence-electron chi connectivity index (χ0n) is 9.74. The van der Waals surface area contributed by atoms with E-state index >= 15 is 0 Å². The lowest BCUT2D eigenvalue weighted by Crippen LogP contribution is -2.30. The number of nitrogens with zero attached hydrogens (tertiary/aromatic N) is 1. The largest absolute Gasteiger partial charge is 0.484 e. The summed E-state index contributed by atoms with van der Waals surface area (Å²) in [5, 5.41) is 9.59. The van der Waals surface area contributed by atoms with Gasteiger partial charge in [-0.3, -0.25) is 4.79 Å². The first-order valence-electron chi connectivity index (χ1n) is 5.39. The van der Waals surface area contributed by atoms with E-state index < -0.39 is 22.0 Å². The maximum atomic E-state index is 11.3. The summed E-state index contributed by atoms with van der Waals surface area (Å²) in [4.78, 5) is 14.8. The molecular formula is C11H13NO5S. The predicted octanol–water partition coefficient (Wildman–Crippen LogP) is -0.261. The molecule has 18 heavy (non-hydrogen) atoms. The molecule has 0 aliphatic carbocycles. The molecule has 0 saturated carbocycles. The molecule has 0 aromatic carbocycles. The van der Waals surface area contributed by atoms with Gasteiger partial charge in [0.15, 0.2) is 16.1 Å². The average molecular weight is 271 g/mol. The fourth-order valence-electron chi connectivity index (χ4n) is 1.82. The van der Waals surface area contributed by atoms with Gasteiger partial charge in [0.25, 0.3) is 0 Å². The maximum Gasteiger partial charge on any atom is 0.172 e. The Balaban J connectivity index is 2.22. The zero-order chi connectivity index (χ0) is 13.3. The number of aromatic nitrogens is 1. The van der Waals surface area contributed by atoms with Crippen LogP contribution in [0.15, 0.2) is 12.1 Å². The summed E-state index contributed by atoms with van der Waals surface area (Å²) in [5.41, 5.74) is 0.760. The van der Waals surface area contributed by atoms with Crippen molar-refractivity contribution in [1.29, 1.82) is 0 Å². The second-order valence-corrected chi connectivity index (χ2v) is 6.41. The third-order valence-electron chi connectivity index (χ3n) is 2.69. The molecule has 2 unspecified atom stereocenters. The Labute approximate surface area is 105 Å². The van der Waals surface area contributed by atoms with Gasteiger partial charge in [-0.2, -0.15) is 0 Å². The Hall–Kier alpha value is -1.47. The standard InChI is InChI=1S/C11H13NO5S/c1-7-2-3-10(8(4-13)12-7)17-11-6-18(15,16)5-9(11)14/h2-4,9,11,14H,5-6H2,1H3. The molecule has 1 aromatic heterocycles. The average Bonchev–Trinajstić information content (AvgIpc) is 2.54.